The molecule has 0 spiro atoms. The maximum Gasteiger partial charge on any atom is 0.274 e. The molecule has 1 saturated heterocycles. The van der Waals surface area contributed by atoms with E-state index in [9.17, 15) is 14.4 Å². The molecule has 7 heteroatoms. The highest BCUT2D eigenvalue weighted by atomic mass is 16.2. The van der Waals surface area contributed by atoms with Crippen molar-refractivity contribution in [3.63, 3.8) is 0 Å². The lowest BCUT2D eigenvalue weighted by Gasteiger charge is -2.20. The molecule has 1 fully saturated rings. The predicted octanol–water partition coefficient (Wildman–Crippen LogP) is 2.50. The first-order valence-electron chi connectivity index (χ1n) is 10.1. The number of benzene rings is 1. The van der Waals surface area contributed by atoms with Crippen LogP contribution in [0.25, 0.3) is 10.8 Å². The number of rotatable bonds is 6. The number of nitrogens with zero attached hydrogens (tertiary/aromatic N) is 3. The van der Waals surface area contributed by atoms with Crippen molar-refractivity contribution in [2.24, 2.45) is 0 Å². The number of aromatic nitrogens is 2. The molecule has 1 aliphatic rings. The number of nitrogens with one attached hydrogen (secondary N) is 1. The van der Waals surface area contributed by atoms with Crippen molar-refractivity contribution in [1.29, 1.82) is 0 Å². The average molecular weight is 384 g/mol. The molecule has 1 aromatic heterocycles. The second-order valence-electron chi connectivity index (χ2n) is 7.54. The standard InChI is InChI=1S/C21H28N4O3/c1-15(2)25-21(28)17-10-6-5-9-16(17)19(23-25)20(27)22-12-8-14-24-13-7-3-4-11-18(24)26/h5-6,9-10,15H,3-4,7-8,11-14H2,1-2H3,(H,22,27). The van der Waals surface area contributed by atoms with Crippen LogP contribution in [0.15, 0.2) is 29.1 Å². The molecule has 0 saturated carbocycles. The Bertz CT molecular complexity index is 919. The minimum Gasteiger partial charge on any atom is -0.351 e. The van der Waals surface area contributed by atoms with Crippen LogP contribution in [0.1, 0.15) is 62.5 Å². The topological polar surface area (TPSA) is 84.3 Å². The van der Waals surface area contributed by atoms with Crippen molar-refractivity contribution in [2.45, 2.75) is 52.0 Å². The molecule has 150 valence electrons. The molecule has 3 rings (SSSR count). The Balaban J connectivity index is 1.69. The average Bonchev–Trinajstić information content (AvgIpc) is 2.89. The van der Waals surface area contributed by atoms with Crippen LogP contribution in [-0.2, 0) is 4.79 Å². The van der Waals surface area contributed by atoms with Crippen molar-refractivity contribution in [1.82, 2.24) is 20.0 Å². The van der Waals surface area contributed by atoms with Gasteiger partial charge in [-0.15, -0.1) is 0 Å². The molecular formula is C21H28N4O3. The SMILES string of the molecule is CC(C)n1nc(C(=O)NCCCN2CCCCCC2=O)c2ccccc2c1=O. The summed E-state index contributed by atoms with van der Waals surface area (Å²) in [6.45, 7) is 5.64. The summed E-state index contributed by atoms with van der Waals surface area (Å²) in [5.74, 6) is -0.0895. The molecule has 1 N–H and O–H groups in total. The lowest BCUT2D eigenvalue weighted by Crippen LogP contribution is -2.35. The second-order valence-corrected chi connectivity index (χ2v) is 7.54. The first-order chi connectivity index (χ1) is 13.5. The van der Waals surface area contributed by atoms with Crippen molar-refractivity contribution in [3.05, 3.63) is 40.3 Å². The number of carbonyl (C=O) groups excluding carboxylic acids is 2. The van der Waals surface area contributed by atoms with E-state index < -0.39 is 0 Å². The maximum absolute atomic E-state index is 12.7. The summed E-state index contributed by atoms with van der Waals surface area (Å²) in [5.41, 5.74) is 0.0663. The van der Waals surface area contributed by atoms with E-state index in [4.69, 9.17) is 0 Å². The molecule has 1 aliphatic heterocycles. The summed E-state index contributed by atoms with van der Waals surface area (Å²) >= 11 is 0. The van der Waals surface area contributed by atoms with Gasteiger partial charge in [-0.1, -0.05) is 24.6 Å². The molecule has 0 atom stereocenters. The number of carbonyl (C=O) groups is 2. The molecule has 0 aliphatic carbocycles. The first kappa shape index (κ1) is 20.0. The van der Waals surface area contributed by atoms with Gasteiger partial charge in [0.15, 0.2) is 5.69 Å². The van der Waals surface area contributed by atoms with Gasteiger partial charge in [0.25, 0.3) is 11.5 Å². The van der Waals surface area contributed by atoms with Gasteiger partial charge in [-0.2, -0.15) is 5.10 Å². The normalized spacial score (nSPS) is 15.1. The van der Waals surface area contributed by atoms with Gasteiger partial charge in [0.05, 0.1) is 11.4 Å². The summed E-state index contributed by atoms with van der Waals surface area (Å²) in [4.78, 5) is 39.3. The molecular weight excluding hydrogens is 356 g/mol. The Hall–Kier alpha value is -2.70. The fourth-order valence-corrected chi connectivity index (χ4v) is 3.55. The molecule has 0 bridgehead atoms. The van der Waals surface area contributed by atoms with E-state index in [0.29, 0.717) is 36.7 Å². The van der Waals surface area contributed by atoms with E-state index in [2.05, 4.69) is 10.4 Å². The summed E-state index contributed by atoms with van der Waals surface area (Å²) in [6, 6.07) is 6.91. The molecule has 1 aromatic carbocycles. The lowest BCUT2D eigenvalue weighted by molar-refractivity contribution is -0.130. The quantitative estimate of drug-likeness (QED) is 0.776. The number of hydrogen-bond acceptors (Lipinski definition) is 4. The van der Waals surface area contributed by atoms with E-state index in [1.54, 1.807) is 24.3 Å². The van der Waals surface area contributed by atoms with Crippen LogP contribution in [0.5, 0.6) is 0 Å². The van der Waals surface area contributed by atoms with E-state index in [-0.39, 0.29) is 29.1 Å². The molecule has 28 heavy (non-hydrogen) atoms. The maximum atomic E-state index is 12.7. The highest BCUT2D eigenvalue weighted by molar-refractivity contribution is 6.04. The molecule has 0 radical (unpaired) electrons. The Kier molecular flexibility index (Phi) is 6.44. The van der Waals surface area contributed by atoms with Crippen molar-refractivity contribution in [2.75, 3.05) is 19.6 Å². The van der Waals surface area contributed by atoms with Gasteiger partial charge in [0.2, 0.25) is 5.91 Å². The van der Waals surface area contributed by atoms with E-state index in [1.807, 2.05) is 18.7 Å². The summed E-state index contributed by atoms with van der Waals surface area (Å²) in [6.07, 6.45) is 4.43. The number of hydrogen-bond donors (Lipinski definition) is 1. The van der Waals surface area contributed by atoms with Crippen LogP contribution in [0, 0.1) is 0 Å². The van der Waals surface area contributed by atoms with Crippen LogP contribution in [0.4, 0.5) is 0 Å². The Labute approximate surface area is 164 Å². The number of fused-ring (bicyclic) bond motifs is 1. The zero-order valence-electron chi connectivity index (χ0n) is 16.6. The monoisotopic (exact) mass is 384 g/mol. The Morgan fingerprint density at radius 1 is 1.14 bits per heavy atom. The highest BCUT2D eigenvalue weighted by Crippen LogP contribution is 2.15. The summed E-state index contributed by atoms with van der Waals surface area (Å²) in [5, 5.41) is 8.26. The summed E-state index contributed by atoms with van der Waals surface area (Å²) < 4.78 is 1.35. The van der Waals surface area contributed by atoms with Crippen LogP contribution in [0.2, 0.25) is 0 Å². The van der Waals surface area contributed by atoms with Crippen molar-refractivity contribution >= 4 is 22.6 Å². The van der Waals surface area contributed by atoms with Gasteiger partial charge in [-0.3, -0.25) is 14.4 Å². The zero-order valence-corrected chi connectivity index (χ0v) is 16.6. The Morgan fingerprint density at radius 3 is 2.64 bits per heavy atom. The van der Waals surface area contributed by atoms with Gasteiger partial charge >= 0.3 is 0 Å². The number of amides is 2. The van der Waals surface area contributed by atoms with Gasteiger partial charge < -0.3 is 10.2 Å². The molecule has 2 amide bonds. The number of likely N-dealkylation sites (tertiary alicyclic amines) is 1. The lowest BCUT2D eigenvalue weighted by atomic mass is 10.1. The third-order valence-corrected chi connectivity index (χ3v) is 5.09. The first-order valence-corrected chi connectivity index (χ1v) is 10.1. The van der Waals surface area contributed by atoms with Gasteiger partial charge in [0.1, 0.15) is 0 Å². The van der Waals surface area contributed by atoms with Crippen molar-refractivity contribution < 1.29 is 9.59 Å². The molecule has 7 nitrogen and oxygen atoms in total. The fourth-order valence-electron chi connectivity index (χ4n) is 3.55. The van der Waals surface area contributed by atoms with Crippen LogP contribution >= 0.6 is 0 Å². The molecule has 0 unspecified atom stereocenters. The Morgan fingerprint density at radius 2 is 1.89 bits per heavy atom. The third-order valence-electron chi connectivity index (χ3n) is 5.09. The van der Waals surface area contributed by atoms with Crippen LogP contribution in [0.3, 0.4) is 0 Å². The largest absolute Gasteiger partial charge is 0.351 e. The van der Waals surface area contributed by atoms with E-state index in [0.717, 1.165) is 25.8 Å². The molecule has 2 heterocycles. The van der Waals surface area contributed by atoms with Crippen LogP contribution < -0.4 is 10.9 Å². The molecule has 2 aromatic rings. The smallest absolute Gasteiger partial charge is 0.274 e. The van der Waals surface area contributed by atoms with Gasteiger partial charge in [-0.25, -0.2) is 4.68 Å². The summed E-state index contributed by atoms with van der Waals surface area (Å²) in [7, 11) is 0. The predicted molar refractivity (Wildman–Crippen MR) is 108 cm³/mol. The third kappa shape index (κ3) is 4.40. The van der Waals surface area contributed by atoms with Crippen molar-refractivity contribution in [3.8, 4) is 0 Å². The zero-order chi connectivity index (χ0) is 20.1. The minimum atomic E-state index is -0.298. The van der Waals surface area contributed by atoms with E-state index >= 15 is 0 Å². The fraction of sp³-hybridized carbons (Fsp3) is 0.524. The van der Waals surface area contributed by atoms with Crippen LogP contribution in [-0.4, -0.2) is 46.1 Å². The minimum absolute atomic E-state index is 0.141. The highest BCUT2D eigenvalue weighted by Gasteiger charge is 2.18. The van der Waals surface area contributed by atoms with Gasteiger partial charge in [0, 0.05) is 31.4 Å². The second kappa shape index (κ2) is 8.99. The van der Waals surface area contributed by atoms with Gasteiger partial charge in [-0.05, 0) is 39.2 Å². The van der Waals surface area contributed by atoms with E-state index in [1.165, 1.54) is 4.68 Å².